The van der Waals surface area contributed by atoms with Crippen LogP contribution in [0, 0.1) is 0 Å². The van der Waals surface area contributed by atoms with E-state index >= 15 is 0 Å². The Morgan fingerprint density at radius 1 is 1.60 bits per heavy atom. The van der Waals surface area contributed by atoms with Gasteiger partial charge in [0.15, 0.2) is 0 Å². The SMILES string of the molecule is Cl.[CH3][Zn]([Cl])[c]1cccnc1. The summed E-state index contributed by atoms with van der Waals surface area (Å²) in [6.45, 7) is 0. The van der Waals surface area contributed by atoms with Crippen LogP contribution in [0.15, 0.2) is 24.5 Å². The van der Waals surface area contributed by atoms with E-state index < -0.39 is 15.0 Å². The predicted octanol–water partition coefficient (Wildman–Crippen LogP) is 1.95. The maximum absolute atomic E-state index is 5.97. The summed E-state index contributed by atoms with van der Waals surface area (Å²) < 4.78 is 1.28. The molecule has 0 unspecified atom stereocenters. The van der Waals surface area contributed by atoms with Crippen LogP contribution in [0.4, 0.5) is 0 Å². The van der Waals surface area contributed by atoms with Gasteiger partial charge < -0.3 is 0 Å². The van der Waals surface area contributed by atoms with Crippen LogP contribution in [0.3, 0.4) is 0 Å². The van der Waals surface area contributed by atoms with Crippen molar-refractivity contribution in [1.82, 2.24) is 4.98 Å². The molecule has 4 heteroatoms. The number of hydrogen-bond donors (Lipinski definition) is 0. The van der Waals surface area contributed by atoms with Crippen molar-refractivity contribution in [2.75, 3.05) is 0 Å². The van der Waals surface area contributed by atoms with Gasteiger partial charge in [0.2, 0.25) is 0 Å². The quantitative estimate of drug-likeness (QED) is 0.672. The molecule has 53 valence electrons. The van der Waals surface area contributed by atoms with Gasteiger partial charge in [-0.15, -0.1) is 12.4 Å². The Hall–Kier alpha value is 0.353. The molecule has 0 N–H and O–H groups in total. The van der Waals surface area contributed by atoms with Crippen molar-refractivity contribution in [2.45, 2.75) is 5.52 Å². The minimum atomic E-state index is -1.71. The third kappa shape index (κ3) is 2.96. The first kappa shape index (κ1) is 10.4. The van der Waals surface area contributed by atoms with Crippen molar-refractivity contribution in [2.24, 2.45) is 0 Å². The number of nitrogens with zero attached hydrogens (tertiary/aromatic N) is 1. The van der Waals surface area contributed by atoms with Gasteiger partial charge in [0.25, 0.3) is 0 Å². The molecule has 0 saturated carbocycles. The van der Waals surface area contributed by atoms with E-state index in [9.17, 15) is 0 Å². The Bertz CT molecular complexity index is 178. The second-order valence-corrected chi connectivity index (χ2v) is 11.2. The van der Waals surface area contributed by atoms with Crippen molar-refractivity contribution >= 4 is 26.3 Å². The average Bonchev–Trinajstić information content (AvgIpc) is 1.90. The maximum atomic E-state index is 5.97. The molecule has 0 saturated heterocycles. The second-order valence-electron chi connectivity index (χ2n) is 2.12. The topological polar surface area (TPSA) is 12.9 Å². The van der Waals surface area contributed by atoms with Gasteiger partial charge in [-0.05, 0) is 0 Å². The first-order valence-corrected chi connectivity index (χ1v) is 11.4. The van der Waals surface area contributed by atoms with Gasteiger partial charge in [0.1, 0.15) is 0 Å². The molecule has 0 spiro atoms. The molecule has 0 bridgehead atoms. The van der Waals surface area contributed by atoms with Crippen molar-refractivity contribution < 1.29 is 15.0 Å². The molecular formula is C6H8Cl2NZn. The van der Waals surface area contributed by atoms with Gasteiger partial charge in [0, 0.05) is 0 Å². The van der Waals surface area contributed by atoms with E-state index in [2.05, 4.69) is 16.6 Å². The van der Waals surface area contributed by atoms with Gasteiger partial charge in [0.05, 0.1) is 0 Å². The van der Waals surface area contributed by atoms with Crippen LogP contribution in [0.5, 0.6) is 0 Å². The summed E-state index contributed by atoms with van der Waals surface area (Å²) in [5.74, 6) is 0. The number of rotatable bonds is 1. The van der Waals surface area contributed by atoms with E-state index in [0.29, 0.717) is 0 Å². The van der Waals surface area contributed by atoms with E-state index in [0.717, 1.165) is 0 Å². The Labute approximate surface area is 76.2 Å². The number of hydrogen-bond acceptors (Lipinski definition) is 1. The van der Waals surface area contributed by atoms with Crippen LogP contribution >= 0.6 is 22.1 Å². The van der Waals surface area contributed by atoms with Crippen LogP contribution in [-0.4, -0.2) is 4.98 Å². The molecule has 1 aromatic heterocycles. The molecule has 0 aromatic carbocycles. The molecule has 1 rings (SSSR count). The van der Waals surface area contributed by atoms with Gasteiger partial charge >= 0.3 is 63.8 Å². The molecule has 0 aliphatic heterocycles. The molecule has 1 nitrogen and oxygen atoms in total. The van der Waals surface area contributed by atoms with Crippen LogP contribution < -0.4 is 4.16 Å². The van der Waals surface area contributed by atoms with Crippen molar-refractivity contribution in [1.29, 1.82) is 0 Å². The van der Waals surface area contributed by atoms with Crippen LogP contribution in [-0.2, 0) is 15.0 Å². The summed E-state index contributed by atoms with van der Waals surface area (Å²) in [5.41, 5.74) is 2.14. The van der Waals surface area contributed by atoms with E-state index in [1.807, 2.05) is 12.3 Å². The zero-order chi connectivity index (χ0) is 6.69. The third-order valence-electron chi connectivity index (χ3n) is 1.29. The van der Waals surface area contributed by atoms with Crippen molar-refractivity contribution in [3.63, 3.8) is 0 Å². The monoisotopic (exact) mass is 228 g/mol. The zero-order valence-electron chi connectivity index (χ0n) is 5.75. The summed E-state index contributed by atoms with van der Waals surface area (Å²) in [6.07, 6.45) is 3.64. The van der Waals surface area contributed by atoms with Gasteiger partial charge in [-0.2, -0.15) is 0 Å². The van der Waals surface area contributed by atoms with Crippen LogP contribution in [0.25, 0.3) is 0 Å². The van der Waals surface area contributed by atoms with E-state index in [1.165, 1.54) is 4.16 Å². The molecule has 0 fully saturated rings. The minimum absolute atomic E-state index is 0. The zero-order valence-corrected chi connectivity index (χ0v) is 10.3. The predicted molar refractivity (Wildman–Crippen MR) is 42.8 cm³/mol. The Balaban J connectivity index is 0.000000810. The van der Waals surface area contributed by atoms with Crippen LogP contribution in [0.1, 0.15) is 0 Å². The molecule has 0 radical (unpaired) electrons. The van der Waals surface area contributed by atoms with Crippen LogP contribution in [0.2, 0.25) is 5.52 Å². The fourth-order valence-electron chi connectivity index (χ4n) is 0.686. The molecule has 1 heterocycles. The third-order valence-corrected chi connectivity index (χ3v) is 6.13. The summed E-state index contributed by atoms with van der Waals surface area (Å²) in [7, 11) is 5.97. The van der Waals surface area contributed by atoms with Gasteiger partial charge in [-0.3, -0.25) is 0 Å². The fraction of sp³-hybridized carbons (Fsp3) is 0.167. The Morgan fingerprint density at radius 2 is 2.30 bits per heavy atom. The molecule has 0 aliphatic carbocycles. The molecule has 10 heavy (non-hydrogen) atoms. The van der Waals surface area contributed by atoms with E-state index in [4.69, 9.17) is 9.69 Å². The number of halogens is 2. The Kier molecular flexibility index (Phi) is 5.24. The normalized spacial score (nSPS) is 8.20. The second kappa shape index (κ2) is 5.06. The van der Waals surface area contributed by atoms with E-state index in [-0.39, 0.29) is 12.4 Å². The molecule has 0 atom stereocenters. The first-order valence-electron chi connectivity index (χ1n) is 3.09. The molecule has 0 aliphatic rings. The molecule has 0 amide bonds. The standard InChI is InChI=1S/C5H4N.CH3.2ClH.Zn/c1-2-4-6-5-3-1;;;;/h1-2,4-5H;1H3;2*1H;/q;;;;+1/p-1. The Morgan fingerprint density at radius 3 is 2.60 bits per heavy atom. The fourth-order valence-corrected chi connectivity index (χ4v) is 3.22. The van der Waals surface area contributed by atoms with Gasteiger partial charge in [-0.25, -0.2) is 0 Å². The summed E-state index contributed by atoms with van der Waals surface area (Å²) in [4.78, 5) is 3.97. The summed E-state index contributed by atoms with van der Waals surface area (Å²) in [6, 6.07) is 3.99. The van der Waals surface area contributed by atoms with Crippen molar-refractivity contribution in [3.8, 4) is 0 Å². The van der Waals surface area contributed by atoms with Gasteiger partial charge in [-0.1, -0.05) is 0 Å². The molecule has 1 aromatic rings. The average molecular weight is 230 g/mol. The number of aromatic nitrogens is 1. The number of pyridine rings is 1. The van der Waals surface area contributed by atoms with E-state index in [1.54, 1.807) is 6.20 Å². The summed E-state index contributed by atoms with van der Waals surface area (Å²) >= 11 is -1.71. The summed E-state index contributed by atoms with van der Waals surface area (Å²) in [5, 5.41) is 0. The molecular weight excluding hydrogens is 222 g/mol. The van der Waals surface area contributed by atoms with Crippen molar-refractivity contribution in [3.05, 3.63) is 24.5 Å². The first-order chi connectivity index (χ1) is 4.30.